The standard InChI is InChI=1S/C12H14Cl2N2O4/c1-7(12(17)20-3)6-15(2)11-9(13)4-8(16(18)19)5-10(11)14/h4-5,7H,6H2,1-3H3. The molecule has 6 nitrogen and oxygen atoms in total. The van der Waals surface area contributed by atoms with Gasteiger partial charge in [-0.1, -0.05) is 30.1 Å². The highest BCUT2D eigenvalue weighted by Gasteiger charge is 2.21. The van der Waals surface area contributed by atoms with Crippen molar-refractivity contribution in [3.63, 3.8) is 0 Å². The summed E-state index contributed by atoms with van der Waals surface area (Å²) in [7, 11) is 3.00. The van der Waals surface area contributed by atoms with Gasteiger partial charge in [0.2, 0.25) is 0 Å². The Morgan fingerprint density at radius 2 is 1.95 bits per heavy atom. The summed E-state index contributed by atoms with van der Waals surface area (Å²) in [6, 6.07) is 2.45. The molecular weight excluding hydrogens is 307 g/mol. The second-order valence-electron chi connectivity index (χ2n) is 4.32. The molecule has 0 aliphatic rings. The largest absolute Gasteiger partial charge is 0.469 e. The minimum Gasteiger partial charge on any atom is -0.469 e. The Morgan fingerprint density at radius 1 is 1.45 bits per heavy atom. The molecule has 1 aromatic carbocycles. The number of halogens is 2. The van der Waals surface area contributed by atoms with Crippen LogP contribution in [0.15, 0.2) is 12.1 Å². The quantitative estimate of drug-likeness (QED) is 0.473. The van der Waals surface area contributed by atoms with Gasteiger partial charge in [-0.05, 0) is 0 Å². The van der Waals surface area contributed by atoms with E-state index in [1.807, 2.05) is 0 Å². The lowest BCUT2D eigenvalue weighted by Crippen LogP contribution is -2.29. The number of rotatable bonds is 5. The minimum absolute atomic E-state index is 0.156. The van der Waals surface area contributed by atoms with Crippen molar-refractivity contribution in [2.75, 3.05) is 25.6 Å². The lowest BCUT2D eigenvalue weighted by atomic mass is 10.1. The second-order valence-corrected chi connectivity index (χ2v) is 5.13. The maximum Gasteiger partial charge on any atom is 0.310 e. The number of non-ortho nitro benzene ring substituents is 1. The summed E-state index contributed by atoms with van der Waals surface area (Å²) in [6.45, 7) is 2.03. The number of nitro groups is 1. The number of ether oxygens (including phenoxy) is 1. The molecule has 20 heavy (non-hydrogen) atoms. The highest BCUT2D eigenvalue weighted by atomic mass is 35.5. The molecule has 0 fully saturated rings. The van der Waals surface area contributed by atoms with Crippen LogP contribution in [0.1, 0.15) is 6.92 Å². The molecule has 1 atom stereocenters. The van der Waals surface area contributed by atoms with Gasteiger partial charge in [0.15, 0.2) is 0 Å². The molecule has 1 rings (SSSR count). The van der Waals surface area contributed by atoms with Crippen molar-refractivity contribution in [3.8, 4) is 0 Å². The molecule has 0 heterocycles. The van der Waals surface area contributed by atoms with Crippen LogP contribution < -0.4 is 4.90 Å². The van der Waals surface area contributed by atoms with Gasteiger partial charge in [-0.25, -0.2) is 0 Å². The number of esters is 1. The fourth-order valence-electron chi connectivity index (χ4n) is 1.80. The van der Waals surface area contributed by atoms with Gasteiger partial charge < -0.3 is 9.64 Å². The first-order chi connectivity index (χ1) is 9.27. The van der Waals surface area contributed by atoms with Crippen molar-refractivity contribution in [2.45, 2.75) is 6.92 Å². The zero-order chi connectivity index (χ0) is 15.4. The third-order valence-corrected chi connectivity index (χ3v) is 3.32. The molecule has 0 saturated carbocycles. The lowest BCUT2D eigenvalue weighted by Gasteiger charge is -2.24. The van der Waals surface area contributed by atoms with Crippen LogP contribution in [0.5, 0.6) is 0 Å². The Kier molecular flexibility index (Phi) is 5.59. The molecule has 0 N–H and O–H groups in total. The lowest BCUT2D eigenvalue weighted by molar-refractivity contribution is -0.384. The molecule has 0 radical (unpaired) electrons. The first kappa shape index (κ1) is 16.5. The van der Waals surface area contributed by atoms with Crippen LogP contribution >= 0.6 is 23.2 Å². The topological polar surface area (TPSA) is 72.7 Å². The van der Waals surface area contributed by atoms with E-state index in [-0.39, 0.29) is 27.6 Å². The molecule has 110 valence electrons. The zero-order valence-corrected chi connectivity index (χ0v) is 12.7. The Morgan fingerprint density at radius 3 is 2.35 bits per heavy atom. The van der Waals surface area contributed by atoms with E-state index in [1.54, 1.807) is 18.9 Å². The van der Waals surface area contributed by atoms with E-state index in [0.29, 0.717) is 12.2 Å². The van der Waals surface area contributed by atoms with Crippen LogP contribution in [0.3, 0.4) is 0 Å². The maximum atomic E-state index is 11.4. The highest BCUT2D eigenvalue weighted by molar-refractivity contribution is 6.39. The number of nitro benzene ring substituents is 1. The van der Waals surface area contributed by atoms with E-state index in [1.165, 1.54) is 19.2 Å². The van der Waals surface area contributed by atoms with E-state index in [0.717, 1.165) is 0 Å². The summed E-state index contributed by atoms with van der Waals surface area (Å²) in [5.74, 6) is -0.738. The Balaban J connectivity index is 3.02. The number of carbonyl (C=O) groups is 1. The molecule has 0 aromatic heterocycles. The molecule has 0 saturated heterocycles. The van der Waals surface area contributed by atoms with Gasteiger partial charge in [0.05, 0.1) is 33.7 Å². The van der Waals surface area contributed by atoms with Gasteiger partial charge in [-0.3, -0.25) is 14.9 Å². The molecule has 0 spiro atoms. The van der Waals surface area contributed by atoms with Gasteiger partial charge in [-0.15, -0.1) is 0 Å². The molecule has 0 aliphatic carbocycles. The zero-order valence-electron chi connectivity index (χ0n) is 11.2. The normalized spacial score (nSPS) is 11.8. The van der Waals surface area contributed by atoms with Crippen LogP contribution in [0, 0.1) is 16.0 Å². The van der Waals surface area contributed by atoms with Crippen molar-refractivity contribution in [2.24, 2.45) is 5.92 Å². The Bertz CT molecular complexity index is 513. The van der Waals surface area contributed by atoms with Crippen molar-refractivity contribution >= 4 is 40.5 Å². The second kappa shape index (κ2) is 6.76. The van der Waals surface area contributed by atoms with Gasteiger partial charge >= 0.3 is 5.97 Å². The molecule has 8 heteroatoms. The first-order valence-electron chi connectivity index (χ1n) is 5.70. The average Bonchev–Trinajstić information content (AvgIpc) is 2.36. The van der Waals surface area contributed by atoms with Crippen LogP contribution in [-0.4, -0.2) is 31.6 Å². The first-order valence-corrected chi connectivity index (χ1v) is 6.46. The van der Waals surface area contributed by atoms with E-state index in [2.05, 4.69) is 4.74 Å². The number of anilines is 1. The van der Waals surface area contributed by atoms with Crippen LogP contribution in [0.2, 0.25) is 10.0 Å². The molecule has 1 aromatic rings. The number of benzene rings is 1. The van der Waals surface area contributed by atoms with Crippen LogP contribution in [0.4, 0.5) is 11.4 Å². The van der Waals surface area contributed by atoms with E-state index >= 15 is 0 Å². The Labute approximate surface area is 126 Å². The highest BCUT2D eigenvalue weighted by Crippen LogP contribution is 2.37. The van der Waals surface area contributed by atoms with E-state index in [9.17, 15) is 14.9 Å². The molecule has 0 bridgehead atoms. The number of nitrogens with zero attached hydrogens (tertiary/aromatic N) is 2. The summed E-state index contributed by atoms with van der Waals surface area (Å²) in [4.78, 5) is 23.2. The van der Waals surface area contributed by atoms with Crippen LogP contribution in [-0.2, 0) is 9.53 Å². The number of hydrogen-bond donors (Lipinski definition) is 0. The minimum atomic E-state index is -0.571. The van der Waals surface area contributed by atoms with E-state index in [4.69, 9.17) is 23.2 Å². The summed E-state index contributed by atoms with van der Waals surface area (Å²) < 4.78 is 4.64. The summed E-state index contributed by atoms with van der Waals surface area (Å²) >= 11 is 12.0. The SMILES string of the molecule is COC(=O)C(C)CN(C)c1c(Cl)cc([N+](=O)[O-])cc1Cl. The Hall–Kier alpha value is -1.53. The number of hydrogen-bond acceptors (Lipinski definition) is 5. The predicted octanol–water partition coefficient (Wildman–Crippen LogP) is 3.15. The average molecular weight is 321 g/mol. The van der Waals surface area contributed by atoms with Crippen molar-refractivity contribution < 1.29 is 14.5 Å². The fourth-order valence-corrected chi connectivity index (χ4v) is 2.56. The van der Waals surface area contributed by atoms with Crippen molar-refractivity contribution in [3.05, 3.63) is 32.3 Å². The van der Waals surface area contributed by atoms with Gasteiger partial charge in [0, 0.05) is 25.7 Å². The van der Waals surface area contributed by atoms with Crippen LogP contribution in [0.25, 0.3) is 0 Å². The van der Waals surface area contributed by atoms with E-state index < -0.39 is 4.92 Å². The van der Waals surface area contributed by atoms with Gasteiger partial charge in [0.1, 0.15) is 0 Å². The molecule has 0 amide bonds. The smallest absolute Gasteiger partial charge is 0.310 e. The maximum absolute atomic E-state index is 11.4. The summed E-state index contributed by atoms with van der Waals surface area (Å²) in [5, 5.41) is 11.0. The molecule has 0 aliphatic heterocycles. The van der Waals surface area contributed by atoms with Crippen molar-refractivity contribution in [1.82, 2.24) is 0 Å². The van der Waals surface area contributed by atoms with Gasteiger partial charge in [0.25, 0.3) is 5.69 Å². The monoisotopic (exact) mass is 320 g/mol. The number of methoxy groups -OCH3 is 1. The molecule has 1 unspecified atom stereocenters. The fraction of sp³-hybridized carbons (Fsp3) is 0.417. The van der Waals surface area contributed by atoms with Crippen molar-refractivity contribution in [1.29, 1.82) is 0 Å². The third kappa shape index (κ3) is 3.74. The van der Waals surface area contributed by atoms with Gasteiger partial charge in [-0.2, -0.15) is 0 Å². The third-order valence-electron chi connectivity index (χ3n) is 2.75. The molecular formula is C12H14Cl2N2O4. The predicted molar refractivity (Wildman–Crippen MR) is 77.6 cm³/mol. The summed E-state index contributed by atoms with van der Waals surface area (Å²) in [5.41, 5.74) is 0.257. The summed E-state index contributed by atoms with van der Waals surface area (Å²) in [6.07, 6.45) is 0. The number of carbonyl (C=O) groups excluding carboxylic acids is 1.